The van der Waals surface area contributed by atoms with Crippen LogP contribution < -0.4 is 4.74 Å². The van der Waals surface area contributed by atoms with Crippen LogP contribution in [0.4, 0.5) is 4.79 Å². The van der Waals surface area contributed by atoms with E-state index in [0.717, 1.165) is 33.1 Å². The Morgan fingerprint density at radius 3 is 2.69 bits per heavy atom. The molecule has 0 radical (unpaired) electrons. The smallest absolute Gasteiger partial charge is 0.410 e. The topological polar surface area (TPSA) is 82.9 Å². The van der Waals surface area contributed by atoms with Gasteiger partial charge in [-0.05, 0) is 58.4 Å². The Hall–Kier alpha value is -3.07. The lowest BCUT2D eigenvalue weighted by Gasteiger charge is -2.24. The van der Waals surface area contributed by atoms with E-state index in [1.54, 1.807) is 11.8 Å². The summed E-state index contributed by atoms with van der Waals surface area (Å²) in [5, 5.41) is 5.89. The second-order valence-corrected chi connectivity index (χ2v) is 10.7. The summed E-state index contributed by atoms with van der Waals surface area (Å²) in [5.74, 6) is 0.336. The van der Waals surface area contributed by atoms with Gasteiger partial charge in [-0.3, -0.25) is 9.48 Å². The van der Waals surface area contributed by atoms with E-state index in [1.165, 1.54) is 0 Å². The fourth-order valence-corrected chi connectivity index (χ4v) is 4.66. The molecule has 1 fully saturated rings. The predicted octanol–water partition coefficient (Wildman–Crippen LogP) is 5.67. The zero-order valence-electron chi connectivity index (χ0n) is 21.1. The van der Waals surface area contributed by atoms with E-state index in [9.17, 15) is 9.59 Å². The number of esters is 1. The molecule has 0 unspecified atom stereocenters. The van der Waals surface area contributed by atoms with Crippen molar-refractivity contribution in [2.75, 3.05) is 19.7 Å². The minimum absolute atomic E-state index is 0.0334. The lowest BCUT2D eigenvalue weighted by atomic mass is 10.1. The fraction of sp³-hybridized carbons (Fsp3) is 0.444. The van der Waals surface area contributed by atoms with Crippen molar-refractivity contribution in [3.63, 3.8) is 0 Å². The number of hydrogen-bond acceptors (Lipinski definition) is 6. The third-order valence-electron chi connectivity index (χ3n) is 5.88. The van der Waals surface area contributed by atoms with Gasteiger partial charge < -0.3 is 19.1 Å². The molecule has 2 aromatic carbocycles. The van der Waals surface area contributed by atoms with E-state index in [-0.39, 0.29) is 31.1 Å². The van der Waals surface area contributed by atoms with Gasteiger partial charge in [-0.15, -0.1) is 0 Å². The largest absolute Gasteiger partial charge is 0.487 e. The standard InChI is InChI=1S/C27H32BrN3O5/c1-5-34-25(32)14-18-8-6-7-9-24(18)35-17-22-21-15-19(28)10-11-23(21)31(29-22)20-12-13-30(16-20)26(33)36-27(2,3)4/h6-11,15,20H,5,12-14,16-17H2,1-4H3/t20-/m0/s1. The normalized spacial score (nSPS) is 15.8. The molecule has 3 aromatic rings. The highest BCUT2D eigenvalue weighted by Gasteiger charge is 2.32. The SMILES string of the molecule is CCOC(=O)Cc1ccccc1OCc1nn([C@H]2CCN(C(=O)OC(C)(C)C)C2)c2ccc(Br)cc12. The van der Waals surface area contributed by atoms with Crippen molar-refractivity contribution < 1.29 is 23.8 Å². The molecule has 0 bridgehead atoms. The number of rotatable bonds is 7. The van der Waals surface area contributed by atoms with Crippen LogP contribution >= 0.6 is 15.9 Å². The van der Waals surface area contributed by atoms with E-state index in [2.05, 4.69) is 15.9 Å². The van der Waals surface area contributed by atoms with Crippen LogP contribution in [0, 0.1) is 0 Å². The van der Waals surface area contributed by atoms with E-state index >= 15 is 0 Å². The Bertz CT molecular complexity index is 1250. The van der Waals surface area contributed by atoms with Gasteiger partial charge in [0.15, 0.2) is 0 Å². The Morgan fingerprint density at radius 1 is 1.17 bits per heavy atom. The molecule has 8 nitrogen and oxygen atoms in total. The maximum absolute atomic E-state index is 12.6. The second kappa shape index (κ2) is 10.9. The molecule has 192 valence electrons. The fourth-order valence-electron chi connectivity index (χ4n) is 4.30. The first kappa shape index (κ1) is 26.0. The Morgan fingerprint density at radius 2 is 1.94 bits per heavy atom. The Balaban J connectivity index is 1.55. The monoisotopic (exact) mass is 557 g/mol. The molecule has 36 heavy (non-hydrogen) atoms. The average Bonchev–Trinajstić information content (AvgIpc) is 3.42. The van der Waals surface area contributed by atoms with Gasteiger partial charge >= 0.3 is 12.1 Å². The number of para-hydroxylation sites is 1. The molecule has 1 amide bonds. The molecule has 1 aromatic heterocycles. The highest BCUT2D eigenvalue weighted by Crippen LogP contribution is 2.31. The molecule has 2 heterocycles. The summed E-state index contributed by atoms with van der Waals surface area (Å²) in [7, 11) is 0. The maximum Gasteiger partial charge on any atom is 0.410 e. The number of fused-ring (bicyclic) bond motifs is 1. The number of amides is 1. The first-order chi connectivity index (χ1) is 17.1. The summed E-state index contributed by atoms with van der Waals surface area (Å²) in [6.45, 7) is 9.12. The number of ether oxygens (including phenoxy) is 3. The molecular formula is C27H32BrN3O5. The number of carbonyl (C=O) groups is 2. The van der Waals surface area contributed by atoms with Crippen molar-refractivity contribution in [1.29, 1.82) is 0 Å². The maximum atomic E-state index is 12.6. The zero-order valence-corrected chi connectivity index (χ0v) is 22.7. The summed E-state index contributed by atoms with van der Waals surface area (Å²) < 4.78 is 19.7. The van der Waals surface area contributed by atoms with E-state index in [1.807, 2.05) is 67.9 Å². The third-order valence-corrected chi connectivity index (χ3v) is 6.38. The van der Waals surface area contributed by atoms with Crippen LogP contribution in [0.2, 0.25) is 0 Å². The predicted molar refractivity (Wildman–Crippen MR) is 140 cm³/mol. The number of benzene rings is 2. The lowest BCUT2D eigenvalue weighted by Crippen LogP contribution is -2.35. The minimum Gasteiger partial charge on any atom is -0.487 e. The van der Waals surface area contributed by atoms with Gasteiger partial charge in [0.05, 0.1) is 24.6 Å². The van der Waals surface area contributed by atoms with Crippen molar-refractivity contribution in [2.24, 2.45) is 0 Å². The molecule has 4 rings (SSSR count). The molecule has 9 heteroatoms. The number of halogens is 1. The van der Waals surface area contributed by atoms with Gasteiger partial charge in [-0.1, -0.05) is 34.1 Å². The molecule has 0 spiro atoms. The number of nitrogens with zero attached hydrogens (tertiary/aromatic N) is 3. The molecule has 1 aliphatic heterocycles. The average molecular weight is 558 g/mol. The minimum atomic E-state index is -0.534. The van der Waals surface area contributed by atoms with Crippen LogP contribution in [0.25, 0.3) is 10.9 Å². The van der Waals surface area contributed by atoms with Crippen molar-refractivity contribution in [1.82, 2.24) is 14.7 Å². The lowest BCUT2D eigenvalue weighted by molar-refractivity contribution is -0.142. The van der Waals surface area contributed by atoms with E-state index in [0.29, 0.717) is 25.4 Å². The summed E-state index contributed by atoms with van der Waals surface area (Å²) in [6.07, 6.45) is 0.633. The first-order valence-electron chi connectivity index (χ1n) is 12.2. The van der Waals surface area contributed by atoms with Crippen molar-refractivity contribution >= 4 is 38.9 Å². The first-order valence-corrected chi connectivity index (χ1v) is 12.9. The van der Waals surface area contributed by atoms with Crippen molar-refractivity contribution in [3.05, 3.63) is 58.2 Å². The number of aromatic nitrogens is 2. The number of carbonyl (C=O) groups excluding carboxylic acids is 2. The molecule has 0 aliphatic carbocycles. The number of likely N-dealkylation sites (tertiary alicyclic amines) is 1. The van der Waals surface area contributed by atoms with Gasteiger partial charge in [0.25, 0.3) is 0 Å². The molecule has 0 N–H and O–H groups in total. The van der Waals surface area contributed by atoms with E-state index < -0.39 is 5.60 Å². The molecule has 0 saturated carbocycles. The Labute approximate surface area is 219 Å². The Kier molecular flexibility index (Phi) is 7.88. The molecule has 1 saturated heterocycles. The van der Waals surface area contributed by atoms with E-state index in [4.69, 9.17) is 19.3 Å². The van der Waals surface area contributed by atoms with Crippen LogP contribution in [0.5, 0.6) is 5.75 Å². The number of hydrogen-bond donors (Lipinski definition) is 0. The van der Waals surface area contributed by atoms with Crippen LogP contribution in [0.3, 0.4) is 0 Å². The zero-order chi connectivity index (χ0) is 25.9. The summed E-state index contributed by atoms with van der Waals surface area (Å²) in [5.41, 5.74) is 2.00. The van der Waals surface area contributed by atoms with Gasteiger partial charge in [0, 0.05) is 28.5 Å². The highest BCUT2D eigenvalue weighted by molar-refractivity contribution is 9.10. The second-order valence-electron chi connectivity index (χ2n) is 9.80. The van der Waals surface area contributed by atoms with Crippen LogP contribution in [-0.4, -0.2) is 52.0 Å². The summed E-state index contributed by atoms with van der Waals surface area (Å²) >= 11 is 3.57. The van der Waals surface area contributed by atoms with Crippen LogP contribution in [0.1, 0.15) is 51.4 Å². The van der Waals surface area contributed by atoms with Gasteiger partial charge in [-0.25, -0.2) is 4.79 Å². The van der Waals surface area contributed by atoms with Gasteiger partial charge in [0.2, 0.25) is 0 Å². The van der Waals surface area contributed by atoms with Crippen LogP contribution in [-0.2, 0) is 27.3 Å². The molecule has 1 aliphatic rings. The quantitative estimate of drug-likeness (QED) is 0.348. The van der Waals surface area contributed by atoms with Crippen molar-refractivity contribution in [2.45, 2.75) is 58.8 Å². The van der Waals surface area contributed by atoms with Gasteiger partial charge in [0.1, 0.15) is 23.7 Å². The van der Waals surface area contributed by atoms with Gasteiger partial charge in [-0.2, -0.15) is 5.10 Å². The van der Waals surface area contributed by atoms with Crippen molar-refractivity contribution in [3.8, 4) is 5.75 Å². The molecular weight excluding hydrogens is 526 g/mol. The van der Waals surface area contributed by atoms with Crippen LogP contribution in [0.15, 0.2) is 46.9 Å². The summed E-state index contributed by atoms with van der Waals surface area (Å²) in [4.78, 5) is 26.3. The molecule has 1 atom stereocenters. The third kappa shape index (κ3) is 6.19. The highest BCUT2D eigenvalue weighted by atomic mass is 79.9. The summed E-state index contributed by atoms with van der Waals surface area (Å²) in [6, 6.07) is 13.5.